The van der Waals surface area contributed by atoms with Crippen LogP contribution in [0.2, 0.25) is 0 Å². The maximum absolute atomic E-state index is 12.3. The van der Waals surface area contributed by atoms with Crippen molar-refractivity contribution in [1.29, 1.82) is 0 Å². The number of amides is 1. The van der Waals surface area contributed by atoms with Gasteiger partial charge in [0.05, 0.1) is 0 Å². The molecule has 1 fully saturated rings. The molecule has 1 aliphatic carbocycles. The first kappa shape index (κ1) is 13.5. The molecule has 0 spiro atoms. The van der Waals surface area contributed by atoms with E-state index in [4.69, 9.17) is 0 Å². The molecule has 1 heterocycles. The Bertz CT molecular complexity index is 418. The van der Waals surface area contributed by atoms with Gasteiger partial charge in [0.15, 0.2) is 0 Å². The first-order chi connectivity index (χ1) is 8.59. The Labute approximate surface area is 117 Å². The quantitative estimate of drug-likeness (QED) is 0.837. The summed E-state index contributed by atoms with van der Waals surface area (Å²) in [7, 11) is 1.90. The summed E-state index contributed by atoms with van der Waals surface area (Å²) in [5.41, 5.74) is 0.526. The van der Waals surface area contributed by atoms with Crippen molar-refractivity contribution < 1.29 is 4.79 Å². The third-order valence-electron chi connectivity index (χ3n) is 3.83. The van der Waals surface area contributed by atoms with Gasteiger partial charge in [0, 0.05) is 23.8 Å². The number of halogens is 1. The van der Waals surface area contributed by atoms with Crippen LogP contribution in [-0.4, -0.2) is 28.9 Å². The lowest BCUT2D eigenvalue weighted by atomic mass is 9.85. The van der Waals surface area contributed by atoms with Crippen molar-refractivity contribution >= 4 is 21.8 Å². The number of nitrogens with zero attached hydrogens (tertiary/aromatic N) is 2. The van der Waals surface area contributed by atoms with Gasteiger partial charge in [-0.15, -0.1) is 0 Å². The Morgan fingerprint density at radius 3 is 2.72 bits per heavy atom. The maximum atomic E-state index is 12.3. The molecular formula is C14H19BrN2O. The maximum Gasteiger partial charge on any atom is 0.272 e. The minimum atomic E-state index is 0.0289. The highest BCUT2D eigenvalue weighted by molar-refractivity contribution is 9.10. The summed E-state index contributed by atoms with van der Waals surface area (Å²) in [6.45, 7) is 2.24. The standard InChI is InChI=1S/C14H19BrN2O/c1-10-5-3-4-6-13(10)17(2)14(18)12-8-7-11(15)9-16-12/h7-10,13H,3-6H2,1-2H3. The van der Waals surface area contributed by atoms with E-state index in [-0.39, 0.29) is 5.91 Å². The molecule has 3 nitrogen and oxygen atoms in total. The van der Waals surface area contributed by atoms with E-state index >= 15 is 0 Å². The van der Waals surface area contributed by atoms with Gasteiger partial charge in [-0.3, -0.25) is 4.79 Å². The molecule has 18 heavy (non-hydrogen) atoms. The second kappa shape index (κ2) is 5.83. The van der Waals surface area contributed by atoms with E-state index in [9.17, 15) is 4.79 Å². The number of hydrogen-bond donors (Lipinski definition) is 0. The number of carbonyl (C=O) groups excluding carboxylic acids is 1. The average Bonchev–Trinajstić information content (AvgIpc) is 2.38. The first-order valence-corrected chi connectivity index (χ1v) is 7.27. The van der Waals surface area contributed by atoms with Gasteiger partial charge < -0.3 is 4.90 Å². The van der Waals surface area contributed by atoms with Crippen molar-refractivity contribution in [3.05, 3.63) is 28.5 Å². The fourth-order valence-corrected chi connectivity index (χ4v) is 2.94. The van der Waals surface area contributed by atoms with Crippen LogP contribution in [0.3, 0.4) is 0 Å². The number of pyridine rings is 1. The molecule has 2 unspecified atom stereocenters. The summed E-state index contributed by atoms with van der Waals surface area (Å²) >= 11 is 3.33. The Hall–Kier alpha value is -0.900. The molecule has 1 aromatic rings. The van der Waals surface area contributed by atoms with E-state index < -0.39 is 0 Å². The minimum absolute atomic E-state index is 0.0289. The van der Waals surface area contributed by atoms with E-state index in [1.165, 1.54) is 19.3 Å². The van der Waals surface area contributed by atoms with Crippen LogP contribution < -0.4 is 0 Å². The molecule has 1 amide bonds. The Kier molecular flexibility index (Phi) is 4.38. The van der Waals surface area contributed by atoms with Crippen LogP contribution in [0.15, 0.2) is 22.8 Å². The Morgan fingerprint density at radius 1 is 1.39 bits per heavy atom. The molecule has 0 saturated heterocycles. The van der Waals surface area contributed by atoms with Gasteiger partial charge >= 0.3 is 0 Å². The molecule has 1 saturated carbocycles. The molecule has 2 atom stereocenters. The van der Waals surface area contributed by atoms with Gasteiger partial charge in [-0.2, -0.15) is 0 Å². The lowest BCUT2D eigenvalue weighted by Gasteiger charge is -2.36. The topological polar surface area (TPSA) is 33.2 Å². The SMILES string of the molecule is CC1CCCCC1N(C)C(=O)c1ccc(Br)cn1. The lowest BCUT2D eigenvalue weighted by molar-refractivity contribution is 0.0623. The average molecular weight is 311 g/mol. The molecule has 98 valence electrons. The van der Waals surface area contributed by atoms with Gasteiger partial charge in [0.2, 0.25) is 0 Å². The predicted octanol–water partition coefficient (Wildman–Crippen LogP) is 3.49. The Morgan fingerprint density at radius 2 is 2.11 bits per heavy atom. The zero-order valence-electron chi connectivity index (χ0n) is 10.9. The zero-order valence-corrected chi connectivity index (χ0v) is 12.5. The molecule has 1 aliphatic rings. The van der Waals surface area contributed by atoms with Gasteiger partial charge in [-0.1, -0.05) is 19.8 Å². The highest BCUT2D eigenvalue weighted by atomic mass is 79.9. The van der Waals surface area contributed by atoms with E-state index in [1.54, 1.807) is 12.3 Å². The lowest BCUT2D eigenvalue weighted by Crippen LogP contribution is -2.42. The van der Waals surface area contributed by atoms with E-state index in [1.807, 2.05) is 18.0 Å². The molecule has 0 bridgehead atoms. The molecule has 0 aliphatic heterocycles. The normalized spacial score (nSPS) is 23.7. The monoisotopic (exact) mass is 310 g/mol. The van der Waals surface area contributed by atoms with Crippen LogP contribution in [0.25, 0.3) is 0 Å². The summed E-state index contributed by atoms with van der Waals surface area (Å²) in [6.07, 6.45) is 6.51. The second-order valence-electron chi connectivity index (χ2n) is 5.11. The molecule has 2 rings (SSSR count). The number of carbonyl (C=O) groups is 1. The van der Waals surface area contributed by atoms with Crippen molar-refractivity contribution in [3.63, 3.8) is 0 Å². The van der Waals surface area contributed by atoms with Crippen molar-refractivity contribution in [2.45, 2.75) is 38.6 Å². The fourth-order valence-electron chi connectivity index (χ4n) is 2.71. The first-order valence-electron chi connectivity index (χ1n) is 6.48. The van der Waals surface area contributed by atoms with Crippen molar-refractivity contribution in [1.82, 2.24) is 9.88 Å². The van der Waals surface area contributed by atoms with Gasteiger partial charge in [-0.25, -0.2) is 4.98 Å². The van der Waals surface area contributed by atoms with E-state index in [0.29, 0.717) is 17.7 Å². The summed E-state index contributed by atoms with van der Waals surface area (Å²) in [5.74, 6) is 0.615. The van der Waals surface area contributed by atoms with Crippen LogP contribution >= 0.6 is 15.9 Å². The van der Waals surface area contributed by atoms with Crippen LogP contribution in [0.5, 0.6) is 0 Å². The smallest absolute Gasteiger partial charge is 0.272 e. The van der Waals surface area contributed by atoms with Crippen molar-refractivity contribution in [3.8, 4) is 0 Å². The number of aromatic nitrogens is 1. The largest absolute Gasteiger partial charge is 0.337 e. The van der Waals surface area contributed by atoms with E-state index in [0.717, 1.165) is 10.9 Å². The van der Waals surface area contributed by atoms with Crippen molar-refractivity contribution in [2.24, 2.45) is 5.92 Å². The molecular weight excluding hydrogens is 292 g/mol. The minimum Gasteiger partial charge on any atom is -0.337 e. The van der Waals surface area contributed by atoms with Crippen LogP contribution in [-0.2, 0) is 0 Å². The van der Waals surface area contributed by atoms with E-state index in [2.05, 4.69) is 27.8 Å². The zero-order chi connectivity index (χ0) is 13.1. The Balaban J connectivity index is 2.10. The highest BCUT2D eigenvalue weighted by Gasteiger charge is 2.28. The fraction of sp³-hybridized carbons (Fsp3) is 0.571. The molecule has 0 radical (unpaired) electrons. The third kappa shape index (κ3) is 2.91. The molecule has 0 aromatic carbocycles. The summed E-state index contributed by atoms with van der Waals surface area (Å²) in [5, 5.41) is 0. The van der Waals surface area contributed by atoms with Gasteiger partial charge in [0.25, 0.3) is 5.91 Å². The molecule has 0 N–H and O–H groups in total. The van der Waals surface area contributed by atoms with Gasteiger partial charge in [-0.05, 0) is 46.8 Å². The van der Waals surface area contributed by atoms with Crippen molar-refractivity contribution in [2.75, 3.05) is 7.05 Å². The van der Waals surface area contributed by atoms with Crippen LogP contribution in [0, 0.1) is 5.92 Å². The highest BCUT2D eigenvalue weighted by Crippen LogP contribution is 2.28. The third-order valence-corrected chi connectivity index (χ3v) is 4.30. The summed E-state index contributed by atoms with van der Waals surface area (Å²) < 4.78 is 0.896. The molecule has 1 aromatic heterocycles. The second-order valence-corrected chi connectivity index (χ2v) is 6.02. The predicted molar refractivity (Wildman–Crippen MR) is 75.5 cm³/mol. The number of rotatable bonds is 2. The number of hydrogen-bond acceptors (Lipinski definition) is 2. The van der Waals surface area contributed by atoms with Crippen LogP contribution in [0.4, 0.5) is 0 Å². The summed E-state index contributed by atoms with van der Waals surface area (Å²) in [4.78, 5) is 18.4. The van der Waals surface area contributed by atoms with Crippen LogP contribution in [0.1, 0.15) is 43.1 Å². The molecule has 4 heteroatoms. The summed E-state index contributed by atoms with van der Waals surface area (Å²) in [6, 6.07) is 3.99. The van der Waals surface area contributed by atoms with Gasteiger partial charge in [0.1, 0.15) is 5.69 Å².